The third kappa shape index (κ3) is 4.76. The quantitative estimate of drug-likeness (QED) is 0.448. The zero-order chi connectivity index (χ0) is 15.6. The van der Waals surface area contributed by atoms with Crippen molar-refractivity contribution in [3.63, 3.8) is 0 Å². The van der Waals surface area contributed by atoms with Crippen molar-refractivity contribution in [1.29, 1.82) is 0 Å². The first-order chi connectivity index (χ1) is 10.8. The molecule has 2 N–H and O–H groups in total. The molecule has 0 aliphatic heterocycles. The molecule has 0 aliphatic rings. The van der Waals surface area contributed by atoms with Crippen LogP contribution in [0.5, 0.6) is 0 Å². The van der Waals surface area contributed by atoms with E-state index < -0.39 is 0 Å². The second kappa shape index (κ2) is 9.07. The first kappa shape index (κ1) is 16.3. The van der Waals surface area contributed by atoms with Gasteiger partial charge in [0, 0.05) is 26.7 Å². The number of aliphatic imine (C=N–C) groups is 1. The number of aromatic nitrogens is 2. The lowest BCUT2D eigenvalue weighted by molar-refractivity contribution is 0.631. The van der Waals surface area contributed by atoms with Gasteiger partial charge in [-0.3, -0.25) is 4.99 Å². The molecular weight excluding hydrogens is 274 g/mol. The Kier molecular flexibility index (Phi) is 6.74. The molecular formula is C17H27N5. The standard InChI is InChI=1S/C17H27N5/c1-3-4-7-11-19-17(18-2)20-12-8-13-22-14-21-15-9-5-6-10-16(15)22/h5-6,9-10,14H,3-4,7-8,11-13H2,1-2H3,(H2,18,19,20). The molecule has 1 aromatic heterocycles. The smallest absolute Gasteiger partial charge is 0.190 e. The first-order valence-corrected chi connectivity index (χ1v) is 8.19. The first-order valence-electron chi connectivity index (χ1n) is 8.19. The Labute approximate surface area is 132 Å². The van der Waals surface area contributed by atoms with Crippen molar-refractivity contribution >= 4 is 17.0 Å². The zero-order valence-corrected chi connectivity index (χ0v) is 13.7. The molecule has 0 amide bonds. The fraction of sp³-hybridized carbons (Fsp3) is 0.529. The molecule has 1 aromatic carbocycles. The number of benzene rings is 1. The van der Waals surface area contributed by atoms with Crippen molar-refractivity contribution in [3.8, 4) is 0 Å². The van der Waals surface area contributed by atoms with Gasteiger partial charge in [0.1, 0.15) is 0 Å². The van der Waals surface area contributed by atoms with Crippen LogP contribution in [0.15, 0.2) is 35.6 Å². The van der Waals surface area contributed by atoms with Gasteiger partial charge in [-0.15, -0.1) is 0 Å². The molecule has 2 rings (SSSR count). The van der Waals surface area contributed by atoms with Crippen LogP contribution in [0.25, 0.3) is 11.0 Å². The van der Waals surface area contributed by atoms with Crippen molar-refractivity contribution < 1.29 is 0 Å². The van der Waals surface area contributed by atoms with Gasteiger partial charge in [-0.25, -0.2) is 4.98 Å². The van der Waals surface area contributed by atoms with Crippen LogP contribution in [0, 0.1) is 0 Å². The second-order valence-electron chi connectivity index (χ2n) is 5.41. The maximum Gasteiger partial charge on any atom is 0.190 e. The number of unbranched alkanes of at least 4 members (excludes halogenated alkanes) is 2. The van der Waals surface area contributed by atoms with Crippen molar-refractivity contribution in [2.45, 2.75) is 39.2 Å². The van der Waals surface area contributed by atoms with E-state index in [0.717, 1.165) is 37.5 Å². The summed E-state index contributed by atoms with van der Waals surface area (Å²) in [6.45, 7) is 5.06. The van der Waals surface area contributed by atoms with Gasteiger partial charge in [0.25, 0.3) is 0 Å². The number of nitrogens with one attached hydrogen (secondary N) is 2. The molecule has 0 saturated heterocycles. The van der Waals surface area contributed by atoms with E-state index in [1.54, 1.807) is 0 Å². The summed E-state index contributed by atoms with van der Waals surface area (Å²) in [5.74, 6) is 0.895. The van der Waals surface area contributed by atoms with Crippen LogP contribution in [0.3, 0.4) is 0 Å². The molecule has 0 fully saturated rings. The van der Waals surface area contributed by atoms with Crippen LogP contribution >= 0.6 is 0 Å². The Morgan fingerprint density at radius 1 is 1.14 bits per heavy atom. The molecule has 1 heterocycles. The highest BCUT2D eigenvalue weighted by atomic mass is 15.2. The van der Waals surface area contributed by atoms with Crippen molar-refractivity contribution in [2.75, 3.05) is 20.1 Å². The van der Waals surface area contributed by atoms with E-state index in [0.29, 0.717) is 0 Å². The lowest BCUT2D eigenvalue weighted by Gasteiger charge is -2.12. The minimum Gasteiger partial charge on any atom is -0.356 e. The van der Waals surface area contributed by atoms with Crippen molar-refractivity contribution in [1.82, 2.24) is 20.2 Å². The number of fused-ring (bicyclic) bond motifs is 1. The number of hydrogen-bond donors (Lipinski definition) is 2. The molecule has 0 saturated carbocycles. The largest absolute Gasteiger partial charge is 0.356 e. The molecule has 5 nitrogen and oxygen atoms in total. The monoisotopic (exact) mass is 301 g/mol. The number of imidazole rings is 1. The van der Waals surface area contributed by atoms with Gasteiger partial charge >= 0.3 is 0 Å². The van der Waals surface area contributed by atoms with Crippen LogP contribution in [0.2, 0.25) is 0 Å². The predicted octanol–water partition coefficient (Wildman–Crippen LogP) is 2.78. The van der Waals surface area contributed by atoms with E-state index in [1.807, 2.05) is 25.5 Å². The minimum atomic E-state index is 0.895. The lowest BCUT2D eigenvalue weighted by Crippen LogP contribution is -2.38. The van der Waals surface area contributed by atoms with Crippen LogP contribution in [-0.4, -0.2) is 35.6 Å². The predicted molar refractivity (Wildman–Crippen MR) is 93.2 cm³/mol. The Hall–Kier alpha value is -2.04. The molecule has 0 atom stereocenters. The lowest BCUT2D eigenvalue weighted by atomic mass is 10.2. The highest BCUT2D eigenvalue weighted by Gasteiger charge is 2.01. The molecule has 0 radical (unpaired) electrons. The van der Waals surface area contributed by atoms with E-state index in [-0.39, 0.29) is 0 Å². The maximum absolute atomic E-state index is 4.41. The minimum absolute atomic E-state index is 0.895. The van der Waals surface area contributed by atoms with Crippen LogP contribution in [0.1, 0.15) is 32.6 Å². The van der Waals surface area contributed by atoms with Crippen molar-refractivity contribution in [3.05, 3.63) is 30.6 Å². The van der Waals surface area contributed by atoms with Gasteiger partial charge in [-0.1, -0.05) is 31.9 Å². The third-order valence-electron chi connectivity index (χ3n) is 3.69. The summed E-state index contributed by atoms with van der Waals surface area (Å²) >= 11 is 0. The number of hydrogen-bond acceptors (Lipinski definition) is 2. The summed E-state index contributed by atoms with van der Waals surface area (Å²) in [4.78, 5) is 8.66. The molecule has 22 heavy (non-hydrogen) atoms. The third-order valence-corrected chi connectivity index (χ3v) is 3.69. The van der Waals surface area contributed by atoms with Gasteiger partial charge in [-0.05, 0) is 25.0 Å². The summed E-state index contributed by atoms with van der Waals surface area (Å²) < 4.78 is 2.20. The summed E-state index contributed by atoms with van der Waals surface area (Å²) in [6, 6.07) is 8.24. The Morgan fingerprint density at radius 2 is 1.91 bits per heavy atom. The number of guanidine groups is 1. The summed E-state index contributed by atoms with van der Waals surface area (Å²) in [7, 11) is 1.82. The highest BCUT2D eigenvalue weighted by molar-refractivity contribution is 5.79. The molecule has 5 heteroatoms. The zero-order valence-electron chi connectivity index (χ0n) is 13.7. The molecule has 120 valence electrons. The number of para-hydroxylation sites is 2. The van der Waals surface area contributed by atoms with E-state index in [1.165, 1.54) is 24.8 Å². The molecule has 0 aliphatic carbocycles. The number of nitrogens with zero attached hydrogens (tertiary/aromatic N) is 3. The second-order valence-corrected chi connectivity index (χ2v) is 5.41. The normalized spacial score (nSPS) is 11.8. The van der Waals surface area contributed by atoms with Crippen LogP contribution < -0.4 is 10.6 Å². The molecule has 2 aromatic rings. The topological polar surface area (TPSA) is 54.2 Å². The van der Waals surface area contributed by atoms with Crippen LogP contribution in [-0.2, 0) is 6.54 Å². The van der Waals surface area contributed by atoms with Crippen LogP contribution in [0.4, 0.5) is 0 Å². The Balaban J connectivity index is 1.70. The molecule has 0 bridgehead atoms. The Morgan fingerprint density at radius 3 is 2.68 bits per heavy atom. The SMILES string of the molecule is CCCCCNC(=NC)NCCCn1cnc2ccccc21. The van der Waals surface area contributed by atoms with E-state index in [2.05, 4.69) is 44.2 Å². The van der Waals surface area contributed by atoms with Gasteiger partial charge in [0.15, 0.2) is 5.96 Å². The summed E-state index contributed by atoms with van der Waals surface area (Å²) in [6.07, 6.45) is 6.65. The van der Waals surface area contributed by atoms with E-state index >= 15 is 0 Å². The summed E-state index contributed by atoms with van der Waals surface area (Å²) in [5, 5.41) is 6.71. The van der Waals surface area contributed by atoms with Gasteiger partial charge in [0.2, 0.25) is 0 Å². The number of rotatable bonds is 8. The Bertz CT molecular complexity index is 588. The average Bonchev–Trinajstić information content (AvgIpc) is 2.97. The van der Waals surface area contributed by atoms with E-state index in [4.69, 9.17) is 0 Å². The van der Waals surface area contributed by atoms with Crippen molar-refractivity contribution in [2.24, 2.45) is 4.99 Å². The fourth-order valence-electron chi connectivity index (χ4n) is 2.45. The molecule has 0 spiro atoms. The maximum atomic E-state index is 4.41. The average molecular weight is 301 g/mol. The van der Waals surface area contributed by atoms with Gasteiger partial charge < -0.3 is 15.2 Å². The molecule has 0 unspecified atom stereocenters. The van der Waals surface area contributed by atoms with Gasteiger partial charge in [0.05, 0.1) is 17.4 Å². The van der Waals surface area contributed by atoms with Gasteiger partial charge in [-0.2, -0.15) is 0 Å². The number of aryl methyl sites for hydroxylation is 1. The fourth-order valence-corrected chi connectivity index (χ4v) is 2.45. The highest BCUT2D eigenvalue weighted by Crippen LogP contribution is 2.11. The van der Waals surface area contributed by atoms with E-state index in [9.17, 15) is 0 Å². The summed E-state index contributed by atoms with van der Waals surface area (Å²) in [5.41, 5.74) is 2.26.